The Labute approximate surface area is 129 Å². The number of nitrogens with one attached hydrogen (secondary N) is 2. The van der Waals surface area contributed by atoms with Crippen LogP contribution in [-0.2, 0) is 13.0 Å². The second-order valence-corrected chi connectivity index (χ2v) is 5.96. The molecule has 0 fully saturated rings. The van der Waals surface area contributed by atoms with E-state index in [0.29, 0.717) is 11.8 Å². The van der Waals surface area contributed by atoms with E-state index in [9.17, 15) is 5.11 Å². The summed E-state index contributed by atoms with van der Waals surface area (Å²) in [6.07, 6.45) is 5.04. The number of fused-ring (bicyclic) bond motifs is 2. The molecular formula is C18H19N3O. The maximum absolute atomic E-state index is 10.0. The predicted molar refractivity (Wildman–Crippen MR) is 86.7 cm³/mol. The van der Waals surface area contributed by atoms with Crippen molar-refractivity contribution in [1.29, 1.82) is 0 Å². The van der Waals surface area contributed by atoms with E-state index in [0.717, 1.165) is 42.3 Å². The van der Waals surface area contributed by atoms with Crippen LogP contribution in [0.25, 0.3) is 10.9 Å². The Balaban J connectivity index is 1.54. The molecule has 1 aromatic heterocycles. The van der Waals surface area contributed by atoms with Crippen LogP contribution in [0.3, 0.4) is 0 Å². The van der Waals surface area contributed by atoms with Crippen LogP contribution in [0.2, 0.25) is 0 Å². The molecule has 3 aromatic rings. The van der Waals surface area contributed by atoms with E-state index in [4.69, 9.17) is 0 Å². The van der Waals surface area contributed by atoms with Crippen molar-refractivity contribution in [3.63, 3.8) is 0 Å². The molecule has 3 N–H and O–H groups in total. The quantitative estimate of drug-likeness (QED) is 0.693. The van der Waals surface area contributed by atoms with Crippen molar-refractivity contribution >= 4 is 10.9 Å². The third kappa shape index (κ3) is 2.35. The van der Waals surface area contributed by atoms with E-state index >= 15 is 0 Å². The molecule has 1 atom stereocenters. The number of hydrogen-bond donors (Lipinski definition) is 3. The average molecular weight is 293 g/mol. The second kappa shape index (κ2) is 5.46. The number of aromatic nitrogens is 2. The normalized spacial score (nSPS) is 17.5. The van der Waals surface area contributed by atoms with Gasteiger partial charge in [-0.3, -0.25) is 5.10 Å². The van der Waals surface area contributed by atoms with Crippen LogP contribution < -0.4 is 5.32 Å². The summed E-state index contributed by atoms with van der Waals surface area (Å²) in [5.74, 6) is 0.433. The van der Waals surface area contributed by atoms with Crippen molar-refractivity contribution in [2.24, 2.45) is 0 Å². The first-order chi connectivity index (χ1) is 10.8. The predicted octanol–water partition coefficient (Wildman–Crippen LogP) is 3.44. The van der Waals surface area contributed by atoms with Crippen molar-refractivity contribution in [3.8, 4) is 5.75 Å². The largest absolute Gasteiger partial charge is 0.508 e. The fourth-order valence-corrected chi connectivity index (χ4v) is 3.38. The van der Waals surface area contributed by atoms with Gasteiger partial charge in [0.2, 0.25) is 0 Å². The minimum atomic E-state index is 0.313. The Hall–Kier alpha value is -2.33. The Bertz CT molecular complexity index is 809. The van der Waals surface area contributed by atoms with Gasteiger partial charge in [0.05, 0.1) is 11.7 Å². The zero-order valence-corrected chi connectivity index (χ0v) is 12.3. The number of hydrogen-bond acceptors (Lipinski definition) is 3. The molecule has 4 rings (SSSR count). The smallest absolute Gasteiger partial charge is 0.119 e. The molecule has 0 radical (unpaired) electrons. The summed E-state index contributed by atoms with van der Waals surface area (Å²) in [5.41, 5.74) is 4.66. The summed E-state index contributed by atoms with van der Waals surface area (Å²) in [6.45, 7) is 0.814. The van der Waals surface area contributed by atoms with Gasteiger partial charge in [0.15, 0.2) is 0 Å². The molecular weight excluding hydrogens is 274 g/mol. The lowest BCUT2D eigenvalue weighted by Crippen LogP contribution is -2.24. The first-order valence-electron chi connectivity index (χ1n) is 7.77. The van der Waals surface area contributed by atoms with Gasteiger partial charge in [0.25, 0.3) is 0 Å². The molecule has 22 heavy (non-hydrogen) atoms. The summed E-state index contributed by atoms with van der Waals surface area (Å²) < 4.78 is 0. The molecule has 4 heteroatoms. The van der Waals surface area contributed by atoms with E-state index in [2.05, 4.69) is 39.8 Å². The third-order valence-electron chi connectivity index (χ3n) is 4.54. The molecule has 112 valence electrons. The van der Waals surface area contributed by atoms with Crippen LogP contribution in [0.4, 0.5) is 0 Å². The lowest BCUT2D eigenvalue weighted by molar-refractivity contribution is 0.429. The number of nitrogens with zero attached hydrogens (tertiary/aromatic N) is 1. The molecule has 1 unspecified atom stereocenters. The maximum atomic E-state index is 10.0. The number of aromatic hydroxyl groups is 1. The molecule has 1 heterocycles. The minimum absolute atomic E-state index is 0.313. The Morgan fingerprint density at radius 1 is 1.27 bits per heavy atom. The van der Waals surface area contributed by atoms with E-state index in [1.54, 1.807) is 6.07 Å². The Morgan fingerprint density at radius 2 is 2.23 bits per heavy atom. The monoisotopic (exact) mass is 293 g/mol. The van der Waals surface area contributed by atoms with Gasteiger partial charge in [-0.05, 0) is 48.1 Å². The lowest BCUT2D eigenvalue weighted by atomic mass is 9.87. The van der Waals surface area contributed by atoms with Crippen LogP contribution in [0.15, 0.2) is 42.6 Å². The van der Waals surface area contributed by atoms with Crippen LogP contribution in [-0.4, -0.2) is 15.3 Å². The number of benzene rings is 2. The van der Waals surface area contributed by atoms with Crippen molar-refractivity contribution in [3.05, 3.63) is 59.3 Å². The van der Waals surface area contributed by atoms with Gasteiger partial charge in [-0.15, -0.1) is 0 Å². The number of aromatic amines is 1. The first kappa shape index (κ1) is 13.3. The van der Waals surface area contributed by atoms with E-state index < -0.39 is 0 Å². The first-order valence-corrected chi connectivity index (χ1v) is 7.77. The van der Waals surface area contributed by atoms with Crippen LogP contribution in [0, 0.1) is 0 Å². The van der Waals surface area contributed by atoms with Gasteiger partial charge < -0.3 is 10.4 Å². The SMILES string of the molecule is Oc1cccc2c1CCCC2NCc1ccc2cn[nH]c2c1. The molecule has 0 saturated carbocycles. The summed E-state index contributed by atoms with van der Waals surface area (Å²) in [6, 6.07) is 12.5. The minimum Gasteiger partial charge on any atom is -0.508 e. The van der Waals surface area contributed by atoms with Crippen LogP contribution in [0.1, 0.15) is 35.6 Å². The van der Waals surface area contributed by atoms with Crippen molar-refractivity contribution in [2.75, 3.05) is 0 Å². The van der Waals surface area contributed by atoms with Gasteiger partial charge in [-0.2, -0.15) is 5.10 Å². The highest BCUT2D eigenvalue weighted by atomic mass is 16.3. The van der Waals surface area contributed by atoms with Crippen LogP contribution >= 0.6 is 0 Å². The number of phenols is 1. The Kier molecular flexibility index (Phi) is 3.31. The number of H-pyrrole nitrogens is 1. The molecule has 1 aliphatic rings. The summed E-state index contributed by atoms with van der Waals surface area (Å²) in [5, 5.41) is 21.9. The Morgan fingerprint density at radius 3 is 3.18 bits per heavy atom. The van der Waals surface area contributed by atoms with Gasteiger partial charge in [-0.1, -0.05) is 24.3 Å². The molecule has 4 nitrogen and oxygen atoms in total. The highest BCUT2D eigenvalue weighted by Gasteiger charge is 2.21. The van der Waals surface area contributed by atoms with E-state index in [-0.39, 0.29) is 0 Å². The molecule has 1 aliphatic carbocycles. The van der Waals surface area contributed by atoms with Gasteiger partial charge in [0, 0.05) is 18.0 Å². The third-order valence-corrected chi connectivity index (χ3v) is 4.54. The number of rotatable bonds is 3. The summed E-state index contributed by atoms with van der Waals surface area (Å²) in [4.78, 5) is 0. The van der Waals surface area contributed by atoms with E-state index in [1.807, 2.05) is 12.3 Å². The van der Waals surface area contributed by atoms with Gasteiger partial charge >= 0.3 is 0 Å². The highest BCUT2D eigenvalue weighted by Crippen LogP contribution is 2.34. The zero-order valence-electron chi connectivity index (χ0n) is 12.3. The lowest BCUT2D eigenvalue weighted by Gasteiger charge is -2.27. The fraction of sp³-hybridized carbons (Fsp3) is 0.278. The van der Waals surface area contributed by atoms with Crippen molar-refractivity contribution < 1.29 is 5.11 Å². The molecule has 0 aliphatic heterocycles. The van der Waals surface area contributed by atoms with Gasteiger partial charge in [-0.25, -0.2) is 0 Å². The zero-order chi connectivity index (χ0) is 14.9. The van der Waals surface area contributed by atoms with E-state index in [1.165, 1.54) is 11.1 Å². The summed E-state index contributed by atoms with van der Waals surface area (Å²) >= 11 is 0. The maximum Gasteiger partial charge on any atom is 0.119 e. The highest BCUT2D eigenvalue weighted by molar-refractivity contribution is 5.78. The molecule has 0 spiro atoms. The van der Waals surface area contributed by atoms with Gasteiger partial charge in [0.1, 0.15) is 5.75 Å². The van der Waals surface area contributed by atoms with Crippen molar-refractivity contribution in [2.45, 2.75) is 31.8 Å². The number of phenolic OH excluding ortho intramolecular Hbond substituents is 1. The molecule has 0 saturated heterocycles. The molecule has 2 aromatic carbocycles. The second-order valence-electron chi connectivity index (χ2n) is 5.96. The topological polar surface area (TPSA) is 60.9 Å². The molecule has 0 bridgehead atoms. The fourth-order valence-electron chi connectivity index (χ4n) is 3.38. The van der Waals surface area contributed by atoms with Crippen LogP contribution in [0.5, 0.6) is 5.75 Å². The van der Waals surface area contributed by atoms with Crippen molar-refractivity contribution in [1.82, 2.24) is 15.5 Å². The standard InChI is InChI=1S/C18H19N3O/c22-18-6-2-3-14-15(18)4-1-5-16(14)19-10-12-7-8-13-11-20-21-17(13)9-12/h2-3,6-9,11,16,19,22H,1,4-5,10H2,(H,20,21). The average Bonchev–Trinajstić information content (AvgIpc) is 3.01. The molecule has 0 amide bonds. The summed E-state index contributed by atoms with van der Waals surface area (Å²) in [7, 11) is 0.